The molecule has 0 atom stereocenters. The molecule has 8 nitrogen and oxygen atoms in total. The van der Waals surface area contributed by atoms with Crippen LogP contribution in [0.3, 0.4) is 0 Å². The van der Waals surface area contributed by atoms with E-state index >= 15 is 0 Å². The lowest BCUT2D eigenvalue weighted by molar-refractivity contribution is -0.119. The van der Waals surface area contributed by atoms with Gasteiger partial charge >= 0.3 is 0 Å². The third-order valence-electron chi connectivity index (χ3n) is 5.52. The summed E-state index contributed by atoms with van der Waals surface area (Å²) in [6.45, 7) is 3.06. The van der Waals surface area contributed by atoms with Crippen molar-refractivity contribution in [2.45, 2.75) is 24.2 Å². The van der Waals surface area contributed by atoms with Crippen LogP contribution in [-0.4, -0.2) is 66.2 Å². The zero-order valence-electron chi connectivity index (χ0n) is 18.9. The van der Waals surface area contributed by atoms with Crippen LogP contribution in [-0.2, 0) is 14.8 Å². The number of hydrogen-bond donors (Lipinski definition) is 1. The summed E-state index contributed by atoms with van der Waals surface area (Å²) in [4.78, 5) is 14.9. The van der Waals surface area contributed by atoms with Gasteiger partial charge in [-0.2, -0.15) is 0 Å². The zero-order valence-corrected chi connectivity index (χ0v) is 19.7. The maximum Gasteiger partial charge on any atom is 0.264 e. The van der Waals surface area contributed by atoms with Gasteiger partial charge in [-0.1, -0.05) is 0 Å². The normalized spacial score (nSPS) is 14.2. The van der Waals surface area contributed by atoms with Crippen molar-refractivity contribution >= 4 is 21.6 Å². The van der Waals surface area contributed by atoms with E-state index in [0.29, 0.717) is 12.3 Å². The van der Waals surface area contributed by atoms with Crippen LogP contribution < -0.4 is 19.1 Å². The number of rotatable bonds is 11. The topological polar surface area (TPSA) is 88.2 Å². The van der Waals surface area contributed by atoms with Gasteiger partial charge in [0.25, 0.3) is 10.0 Å². The van der Waals surface area contributed by atoms with Crippen molar-refractivity contribution < 1.29 is 27.1 Å². The number of likely N-dealkylation sites (tertiary alicyclic amines) is 1. The van der Waals surface area contributed by atoms with Gasteiger partial charge in [0.05, 0.1) is 24.8 Å². The Hall–Kier alpha value is -2.85. The number of nitrogens with one attached hydrogen (secondary N) is 1. The van der Waals surface area contributed by atoms with Gasteiger partial charge in [-0.05, 0) is 75.3 Å². The number of benzene rings is 2. The lowest BCUT2D eigenvalue weighted by Crippen LogP contribution is -2.41. The third-order valence-corrected chi connectivity index (χ3v) is 7.29. The van der Waals surface area contributed by atoms with E-state index in [4.69, 9.17) is 9.47 Å². The smallest absolute Gasteiger partial charge is 0.264 e. The summed E-state index contributed by atoms with van der Waals surface area (Å²) >= 11 is 0. The van der Waals surface area contributed by atoms with Crippen molar-refractivity contribution in [3.8, 4) is 11.5 Å². The van der Waals surface area contributed by atoms with Gasteiger partial charge in [0.1, 0.15) is 12.4 Å². The zero-order chi connectivity index (χ0) is 23.8. The lowest BCUT2D eigenvalue weighted by atomic mass is 10.3. The number of sulfonamides is 1. The number of carbonyl (C=O) groups excluding carboxylic acids is 1. The molecule has 1 heterocycles. The SMILES string of the molecule is COc1ccc(S(=O)(=O)N(CC(=O)NCCCN2CCCC2)c2ccc(F)cc2)cc1OC. The van der Waals surface area contributed by atoms with Crippen LogP contribution in [0, 0.1) is 5.82 Å². The molecular weight excluding hydrogens is 449 g/mol. The van der Waals surface area contributed by atoms with Crippen LogP contribution in [0.5, 0.6) is 11.5 Å². The van der Waals surface area contributed by atoms with E-state index in [0.717, 1.165) is 42.5 Å². The maximum atomic E-state index is 13.5. The molecule has 1 saturated heterocycles. The summed E-state index contributed by atoms with van der Waals surface area (Å²) in [6.07, 6.45) is 3.19. The summed E-state index contributed by atoms with van der Waals surface area (Å²) in [5.74, 6) is -0.331. The van der Waals surface area contributed by atoms with Gasteiger partial charge < -0.3 is 19.7 Å². The highest BCUT2D eigenvalue weighted by Crippen LogP contribution is 2.32. The van der Waals surface area contributed by atoms with E-state index in [1.807, 2.05) is 0 Å². The lowest BCUT2D eigenvalue weighted by Gasteiger charge is -2.24. The molecule has 0 unspecified atom stereocenters. The van der Waals surface area contributed by atoms with E-state index in [1.165, 1.54) is 57.4 Å². The average molecular weight is 480 g/mol. The quantitative estimate of drug-likeness (QED) is 0.499. The van der Waals surface area contributed by atoms with E-state index in [-0.39, 0.29) is 16.3 Å². The van der Waals surface area contributed by atoms with Gasteiger partial charge in [-0.25, -0.2) is 12.8 Å². The molecule has 1 fully saturated rings. The molecule has 1 N–H and O–H groups in total. The molecule has 0 radical (unpaired) electrons. The molecule has 180 valence electrons. The number of anilines is 1. The van der Waals surface area contributed by atoms with Crippen LogP contribution in [0.1, 0.15) is 19.3 Å². The molecule has 1 amide bonds. The summed E-state index contributed by atoms with van der Waals surface area (Å²) in [5.41, 5.74) is 0.179. The molecule has 0 spiro atoms. The second kappa shape index (κ2) is 11.3. The molecule has 2 aromatic rings. The van der Waals surface area contributed by atoms with E-state index in [2.05, 4.69) is 10.2 Å². The molecule has 1 aliphatic heterocycles. The molecule has 0 aromatic heterocycles. The average Bonchev–Trinajstić information content (AvgIpc) is 3.34. The van der Waals surface area contributed by atoms with Gasteiger partial charge in [-0.3, -0.25) is 9.10 Å². The Kier molecular flexibility index (Phi) is 8.51. The first-order chi connectivity index (χ1) is 15.8. The fraction of sp³-hybridized carbons (Fsp3) is 0.435. The standard InChI is InChI=1S/C23H30FN3O5S/c1-31-21-11-10-20(16-22(21)32-2)33(29,30)27(19-8-6-18(24)7-9-19)17-23(28)25-12-5-15-26-13-3-4-14-26/h6-11,16H,3-5,12-15,17H2,1-2H3,(H,25,28). The van der Waals surface area contributed by atoms with Crippen molar-refractivity contribution in [2.24, 2.45) is 0 Å². The predicted octanol–water partition coefficient (Wildman–Crippen LogP) is 2.64. The highest BCUT2D eigenvalue weighted by atomic mass is 32.2. The second-order valence-electron chi connectivity index (χ2n) is 7.76. The second-order valence-corrected chi connectivity index (χ2v) is 9.62. The molecule has 2 aromatic carbocycles. The van der Waals surface area contributed by atoms with E-state index < -0.39 is 28.3 Å². The minimum atomic E-state index is -4.16. The third kappa shape index (κ3) is 6.35. The number of amides is 1. The Morgan fingerprint density at radius 3 is 2.36 bits per heavy atom. The first kappa shape index (κ1) is 24.8. The fourth-order valence-electron chi connectivity index (χ4n) is 3.75. The van der Waals surface area contributed by atoms with Gasteiger partial charge in [0.15, 0.2) is 11.5 Å². The molecule has 1 aliphatic rings. The monoisotopic (exact) mass is 479 g/mol. The van der Waals surface area contributed by atoms with Crippen molar-refractivity contribution in [1.29, 1.82) is 0 Å². The molecular formula is C23H30FN3O5S. The Bertz CT molecular complexity index is 1040. The molecule has 0 bridgehead atoms. The van der Waals surface area contributed by atoms with Crippen molar-refractivity contribution in [3.05, 3.63) is 48.3 Å². The van der Waals surface area contributed by atoms with Crippen molar-refractivity contribution in [1.82, 2.24) is 10.2 Å². The summed E-state index contributed by atoms with van der Waals surface area (Å²) in [7, 11) is -1.30. The Morgan fingerprint density at radius 2 is 1.73 bits per heavy atom. The number of carbonyl (C=O) groups is 1. The maximum absolute atomic E-state index is 13.5. The number of nitrogens with zero attached hydrogens (tertiary/aromatic N) is 2. The fourth-order valence-corrected chi connectivity index (χ4v) is 5.19. The van der Waals surface area contributed by atoms with Crippen LogP contribution in [0.4, 0.5) is 10.1 Å². The molecule has 0 saturated carbocycles. The number of halogens is 1. The Morgan fingerprint density at radius 1 is 1.06 bits per heavy atom. The van der Waals surface area contributed by atoms with Crippen LogP contribution in [0.2, 0.25) is 0 Å². The van der Waals surface area contributed by atoms with E-state index in [1.54, 1.807) is 0 Å². The minimum Gasteiger partial charge on any atom is -0.493 e. The highest BCUT2D eigenvalue weighted by Gasteiger charge is 2.28. The van der Waals surface area contributed by atoms with Crippen molar-refractivity contribution in [3.63, 3.8) is 0 Å². The van der Waals surface area contributed by atoms with Crippen molar-refractivity contribution in [2.75, 3.05) is 51.2 Å². The van der Waals surface area contributed by atoms with E-state index in [9.17, 15) is 17.6 Å². The minimum absolute atomic E-state index is 0.0775. The largest absolute Gasteiger partial charge is 0.493 e. The van der Waals surface area contributed by atoms with Crippen LogP contribution >= 0.6 is 0 Å². The Labute approximate surface area is 194 Å². The van der Waals surface area contributed by atoms with Crippen LogP contribution in [0.25, 0.3) is 0 Å². The highest BCUT2D eigenvalue weighted by molar-refractivity contribution is 7.92. The summed E-state index contributed by atoms with van der Waals surface area (Å²) < 4.78 is 51.8. The molecule has 10 heteroatoms. The molecule has 0 aliphatic carbocycles. The summed E-state index contributed by atoms with van der Waals surface area (Å²) in [6, 6.07) is 9.15. The van der Waals surface area contributed by atoms with Crippen LogP contribution in [0.15, 0.2) is 47.4 Å². The van der Waals surface area contributed by atoms with Gasteiger partial charge in [0.2, 0.25) is 5.91 Å². The Balaban J connectivity index is 1.77. The number of ether oxygens (including phenoxy) is 2. The molecule has 33 heavy (non-hydrogen) atoms. The number of methoxy groups -OCH3 is 2. The van der Waals surface area contributed by atoms with Gasteiger partial charge in [0, 0.05) is 12.6 Å². The molecule has 3 rings (SSSR count). The first-order valence-electron chi connectivity index (χ1n) is 10.8. The number of hydrogen-bond acceptors (Lipinski definition) is 6. The first-order valence-corrected chi connectivity index (χ1v) is 12.3. The summed E-state index contributed by atoms with van der Waals surface area (Å²) in [5, 5.41) is 2.79. The predicted molar refractivity (Wildman–Crippen MR) is 124 cm³/mol. The van der Waals surface area contributed by atoms with Gasteiger partial charge in [-0.15, -0.1) is 0 Å².